The molecule has 1 aliphatic carbocycles. The predicted octanol–water partition coefficient (Wildman–Crippen LogP) is 6.72. The van der Waals surface area contributed by atoms with Gasteiger partial charge in [-0.15, -0.1) is 4.31 Å². The summed E-state index contributed by atoms with van der Waals surface area (Å²) in [6.45, 7) is 8.05. The van der Waals surface area contributed by atoms with E-state index in [1.807, 2.05) is 30.7 Å². The van der Waals surface area contributed by atoms with Crippen LogP contribution in [0.5, 0.6) is 0 Å². The van der Waals surface area contributed by atoms with Crippen molar-refractivity contribution in [2.75, 3.05) is 25.0 Å². The number of hydrogen-bond acceptors (Lipinski definition) is 6. The molecule has 36 heavy (non-hydrogen) atoms. The average Bonchev–Trinajstić information content (AvgIpc) is 3.49. The number of rotatable bonds is 5. The van der Waals surface area contributed by atoms with Gasteiger partial charge in [0.1, 0.15) is 4.75 Å². The van der Waals surface area contributed by atoms with E-state index in [9.17, 15) is 4.55 Å². The van der Waals surface area contributed by atoms with Crippen LogP contribution in [-0.4, -0.2) is 54.2 Å². The monoisotopic (exact) mass is 565 g/mol. The van der Waals surface area contributed by atoms with Crippen molar-refractivity contribution in [1.29, 1.82) is 0 Å². The Kier molecular flexibility index (Phi) is 7.49. The second-order valence-corrected chi connectivity index (χ2v) is 15.0. The number of benzene rings is 1. The number of hydrogen-bond donors (Lipinski definition) is 0. The summed E-state index contributed by atoms with van der Waals surface area (Å²) in [6, 6.07) is 6.01. The number of piperidine rings is 1. The van der Waals surface area contributed by atoms with Crippen LogP contribution in [0.4, 0.5) is 5.95 Å². The lowest BCUT2D eigenvalue weighted by Gasteiger charge is -2.46. The summed E-state index contributed by atoms with van der Waals surface area (Å²) in [7, 11) is 2.06. The first-order chi connectivity index (χ1) is 17.1. The molecule has 3 heterocycles. The zero-order chi connectivity index (χ0) is 25.7. The third kappa shape index (κ3) is 4.85. The van der Waals surface area contributed by atoms with Gasteiger partial charge in [-0.1, -0.05) is 47.5 Å². The molecule has 194 valence electrons. The van der Waals surface area contributed by atoms with Crippen molar-refractivity contribution in [3.8, 4) is 0 Å². The molecule has 1 saturated heterocycles. The van der Waals surface area contributed by atoms with Crippen LogP contribution >= 0.6 is 35.0 Å². The first kappa shape index (κ1) is 26.4. The molecule has 0 radical (unpaired) electrons. The second kappa shape index (κ2) is 10.2. The van der Waals surface area contributed by atoms with Crippen molar-refractivity contribution in [2.45, 2.75) is 73.5 Å². The van der Waals surface area contributed by atoms with Gasteiger partial charge in [-0.2, -0.15) is 0 Å². The topological polar surface area (TPSA) is 59.7 Å². The molecule has 1 saturated carbocycles. The molecule has 10 heteroatoms. The predicted molar refractivity (Wildman–Crippen MR) is 151 cm³/mol. The fourth-order valence-electron chi connectivity index (χ4n) is 5.84. The minimum Gasteiger partial charge on any atom is -0.597 e. The van der Waals surface area contributed by atoms with Crippen molar-refractivity contribution in [3.63, 3.8) is 0 Å². The van der Waals surface area contributed by atoms with E-state index in [2.05, 4.69) is 46.4 Å². The Bertz CT molecular complexity index is 1240. The normalized spacial score (nSPS) is 21.1. The van der Waals surface area contributed by atoms with E-state index in [0.717, 1.165) is 53.7 Å². The lowest BCUT2D eigenvalue weighted by Crippen LogP contribution is -2.54. The van der Waals surface area contributed by atoms with Crippen LogP contribution in [0.2, 0.25) is 10.0 Å². The molecule has 5 rings (SSSR count). The van der Waals surface area contributed by atoms with Gasteiger partial charge in [0, 0.05) is 55.0 Å². The van der Waals surface area contributed by atoms with Gasteiger partial charge in [0.05, 0.1) is 21.0 Å². The number of nitrogens with zero attached hydrogens (tertiary/aromatic N) is 5. The molecule has 0 bridgehead atoms. The number of anilines is 1. The summed E-state index contributed by atoms with van der Waals surface area (Å²) in [5.74, 6) is 0.917. The third-order valence-corrected chi connectivity index (χ3v) is 11.5. The highest BCUT2D eigenvalue weighted by molar-refractivity contribution is 7.99. The molecule has 1 aromatic carbocycles. The standard InChI is InChI=1S/C26H33Cl2N5OS2/c1-25(2,3)36(34)31(4)21-9-6-10-26(21)11-14-32(15-12-26)24-30-17-20(23-29-13-16-33(23)24)35-19-8-5-7-18(27)22(19)28/h5,7-8,13,16-17,21H,6,9-12,14-15H2,1-4H3/t21?,36-/m1/s1. The van der Waals surface area contributed by atoms with E-state index >= 15 is 0 Å². The third-order valence-electron chi connectivity index (χ3n) is 7.64. The molecule has 2 aromatic heterocycles. The van der Waals surface area contributed by atoms with Crippen molar-refractivity contribution in [2.24, 2.45) is 5.41 Å². The molecule has 2 fully saturated rings. The maximum atomic E-state index is 13.2. The minimum atomic E-state index is -1.01. The van der Waals surface area contributed by atoms with Gasteiger partial charge in [-0.25, -0.2) is 9.97 Å². The fourth-order valence-corrected chi connectivity index (χ4v) is 8.67. The van der Waals surface area contributed by atoms with Gasteiger partial charge in [-0.05, 0) is 64.0 Å². The van der Waals surface area contributed by atoms with Crippen LogP contribution < -0.4 is 4.90 Å². The van der Waals surface area contributed by atoms with Crippen LogP contribution in [0.25, 0.3) is 5.65 Å². The number of aromatic nitrogens is 3. The van der Waals surface area contributed by atoms with E-state index in [4.69, 9.17) is 28.2 Å². The van der Waals surface area contributed by atoms with Gasteiger partial charge in [0.25, 0.3) is 0 Å². The highest BCUT2D eigenvalue weighted by Crippen LogP contribution is 2.50. The van der Waals surface area contributed by atoms with E-state index in [1.165, 1.54) is 24.6 Å². The molecule has 1 aliphatic heterocycles. The molecule has 0 N–H and O–H groups in total. The summed E-state index contributed by atoms with van der Waals surface area (Å²) in [4.78, 5) is 13.7. The lowest BCUT2D eigenvalue weighted by atomic mass is 9.74. The summed E-state index contributed by atoms with van der Waals surface area (Å²) >= 11 is 13.2. The largest absolute Gasteiger partial charge is 0.597 e. The highest BCUT2D eigenvalue weighted by Gasteiger charge is 2.51. The fraction of sp³-hybridized carbons (Fsp3) is 0.538. The van der Waals surface area contributed by atoms with Crippen molar-refractivity contribution in [3.05, 3.63) is 46.8 Å². The first-order valence-corrected chi connectivity index (χ1v) is 15.1. The van der Waals surface area contributed by atoms with Crippen molar-refractivity contribution in [1.82, 2.24) is 18.7 Å². The van der Waals surface area contributed by atoms with E-state index < -0.39 is 11.4 Å². The van der Waals surface area contributed by atoms with Crippen LogP contribution in [0.1, 0.15) is 52.9 Å². The number of fused-ring (bicyclic) bond motifs is 1. The molecule has 0 amide bonds. The zero-order valence-electron chi connectivity index (χ0n) is 21.2. The van der Waals surface area contributed by atoms with Gasteiger partial charge in [-0.3, -0.25) is 4.40 Å². The maximum Gasteiger partial charge on any atom is 0.211 e. The highest BCUT2D eigenvalue weighted by atomic mass is 35.5. The smallest absolute Gasteiger partial charge is 0.211 e. The van der Waals surface area contributed by atoms with E-state index in [1.54, 1.807) is 6.07 Å². The second-order valence-electron chi connectivity index (χ2n) is 10.9. The van der Waals surface area contributed by atoms with E-state index in [0.29, 0.717) is 16.1 Å². The summed E-state index contributed by atoms with van der Waals surface area (Å²) < 4.78 is 17.2. The van der Waals surface area contributed by atoms with Gasteiger partial charge in [0.15, 0.2) is 5.65 Å². The molecule has 2 atom stereocenters. The Morgan fingerprint density at radius 1 is 1.14 bits per heavy atom. The minimum absolute atomic E-state index is 0.222. The number of imidazole rings is 1. The van der Waals surface area contributed by atoms with Gasteiger partial charge < -0.3 is 9.45 Å². The molecule has 3 aromatic rings. The Morgan fingerprint density at radius 2 is 1.89 bits per heavy atom. The Balaban J connectivity index is 1.35. The Morgan fingerprint density at radius 3 is 2.61 bits per heavy atom. The summed E-state index contributed by atoms with van der Waals surface area (Å²) in [5, 5.41) is 1.08. The van der Waals surface area contributed by atoms with Crippen LogP contribution in [0.3, 0.4) is 0 Å². The van der Waals surface area contributed by atoms with Crippen LogP contribution in [0, 0.1) is 5.41 Å². The lowest BCUT2D eigenvalue weighted by molar-refractivity contribution is 0.130. The van der Waals surface area contributed by atoms with Crippen molar-refractivity contribution >= 4 is 57.9 Å². The summed E-state index contributed by atoms with van der Waals surface area (Å²) in [5.41, 5.74) is 1.08. The first-order valence-electron chi connectivity index (χ1n) is 12.4. The number of halogens is 2. The maximum absolute atomic E-state index is 13.2. The van der Waals surface area contributed by atoms with Gasteiger partial charge in [0.2, 0.25) is 5.95 Å². The molecule has 2 aliphatic rings. The van der Waals surface area contributed by atoms with Gasteiger partial charge >= 0.3 is 0 Å². The molecule has 1 spiro atoms. The molecule has 1 unspecified atom stereocenters. The Hall–Kier alpha value is -1.16. The SMILES string of the molecule is CN(C1CCCC12CCN(c1ncc(Sc3cccc(Cl)c3Cl)c3nccn13)CC2)[S@+]([O-])C(C)(C)C. The average molecular weight is 567 g/mol. The Labute approximate surface area is 231 Å². The quantitative estimate of drug-likeness (QED) is 0.320. The zero-order valence-corrected chi connectivity index (χ0v) is 24.4. The summed E-state index contributed by atoms with van der Waals surface area (Å²) in [6.07, 6.45) is 11.4. The van der Waals surface area contributed by atoms with Crippen molar-refractivity contribution < 1.29 is 4.55 Å². The molecule has 6 nitrogen and oxygen atoms in total. The van der Waals surface area contributed by atoms with Crippen LogP contribution in [0.15, 0.2) is 46.6 Å². The van der Waals surface area contributed by atoms with Crippen LogP contribution in [-0.2, 0) is 11.4 Å². The molecular weight excluding hydrogens is 533 g/mol. The van der Waals surface area contributed by atoms with E-state index in [-0.39, 0.29) is 10.2 Å². The molecular formula is C26H33Cl2N5OS2.